The highest BCUT2D eigenvalue weighted by Gasteiger charge is 2.14. The van der Waals surface area contributed by atoms with Crippen LogP contribution < -0.4 is 5.73 Å². The lowest BCUT2D eigenvalue weighted by atomic mass is 10.1. The monoisotopic (exact) mass is 326 g/mol. The first-order valence-electron chi connectivity index (χ1n) is 4.79. The van der Waals surface area contributed by atoms with Crippen molar-refractivity contribution in [3.63, 3.8) is 0 Å². The Morgan fingerprint density at radius 1 is 1.47 bits per heavy atom. The van der Waals surface area contributed by atoms with Gasteiger partial charge in [-0.05, 0) is 46.1 Å². The van der Waals surface area contributed by atoms with Crippen LogP contribution in [-0.4, -0.2) is 0 Å². The van der Waals surface area contributed by atoms with Gasteiger partial charge in [0.2, 0.25) is 0 Å². The van der Waals surface area contributed by atoms with Crippen molar-refractivity contribution in [3.8, 4) is 16.5 Å². The lowest BCUT2D eigenvalue weighted by molar-refractivity contribution is 1.49. The molecule has 1 aromatic carbocycles. The zero-order valence-electron chi connectivity index (χ0n) is 8.92. The average Bonchev–Trinajstić information content (AvgIpc) is 2.60. The molecule has 0 atom stereocenters. The molecule has 0 unspecified atom stereocenters. The maximum atomic E-state index is 8.95. The molecule has 2 rings (SSSR count). The fourth-order valence-electron chi connectivity index (χ4n) is 1.52. The molecule has 86 valence electrons. The summed E-state index contributed by atoms with van der Waals surface area (Å²) >= 11 is 10.8. The van der Waals surface area contributed by atoms with Crippen molar-refractivity contribution in [1.29, 1.82) is 5.26 Å². The fourth-order valence-corrected chi connectivity index (χ4v) is 2.97. The summed E-state index contributed by atoms with van der Waals surface area (Å²) in [7, 11) is 0. The Kier molecular flexibility index (Phi) is 3.43. The predicted molar refractivity (Wildman–Crippen MR) is 76.3 cm³/mol. The van der Waals surface area contributed by atoms with Crippen LogP contribution in [0.15, 0.2) is 22.7 Å². The average molecular weight is 328 g/mol. The second kappa shape index (κ2) is 4.69. The Bertz CT molecular complexity index is 628. The lowest BCUT2D eigenvalue weighted by Gasteiger charge is -2.02. The molecule has 0 saturated carbocycles. The minimum atomic E-state index is 0.552. The standard InChI is InChI=1S/C12H8BrClN2S/c1-6-11(16)10(5-15)17-12(6)7-2-3-8(13)9(14)4-7/h2-4H,16H2,1H3. The molecule has 0 fully saturated rings. The van der Waals surface area contributed by atoms with Gasteiger partial charge in [-0.2, -0.15) is 5.26 Å². The third kappa shape index (κ3) is 2.19. The smallest absolute Gasteiger partial charge is 0.128 e. The zero-order valence-corrected chi connectivity index (χ0v) is 12.1. The number of nitrogens with zero attached hydrogens (tertiary/aromatic N) is 1. The summed E-state index contributed by atoms with van der Waals surface area (Å²) in [5, 5.41) is 9.59. The third-order valence-corrected chi connectivity index (χ3v) is 4.97. The van der Waals surface area contributed by atoms with Gasteiger partial charge in [-0.15, -0.1) is 11.3 Å². The molecule has 2 nitrogen and oxygen atoms in total. The van der Waals surface area contributed by atoms with E-state index < -0.39 is 0 Å². The van der Waals surface area contributed by atoms with Crippen molar-refractivity contribution >= 4 is 44.6 Å². The van der Waals surface area contributed by atoms with Crippen LogP contribution in [0.5, 0.6) is 0 Å². The first-order chi connectivity index (χ1) is 8.04. The van der Waals surface area contributed by atoms with Crippen LogP contribution in [-0.2, 0) is 0 Å². The molecule has 0 bridgehead atoms. The van der Waals surface area contributed by atoms with Crippen LogP contribution in [0.3, 0.4) is 0 Å². The number of hydrogen-bond acceptors (Lipinski definition) is 3. The van der Waals surface area contributed by atoms with Gasteiger partial charge in [0.15, 0.2) is 0 Å². The number of benzene rings is 1. The van der Waals surface area contributed by atoms with Gasteiger partial charge in [0.05, 0.1) is 10.7 Å². The Hall–Kier alpha value is -1.02. The van der Waals surface area contributed by atoms with Crippen molar-refractivity contribution < 1.29 is 0 Å². The number of nitrogen functional groups attached to an aromatic ring is 1. The van der Waals surface area contributed by atoms with E-state index in [9.17, 15) is 0 Å². The first kappa shape index (κ1) is 12.4. The minimum Gasteiger partial charge on any atom is -0.397 e. The summed E-state index contributed by atoms with van der Waals surface area (Å²) in [6, 6.07) is 7.81. The SMILES string of the molecule is Cc1c(-c2ccc(Br)c(Cl)c2)sc(C#N)c1N. The van der Waals surface area contributed by atoms with Crippen LogP contribution in [0, 0.1) is 18.3 Å². The summed E-state index contributed by atoms with van der Waals surface area (Å²) in [6.45, 7) is 1.91. The maximum Gasteiger partial charge on any atom is 0.128 e. The van der Waals surface area contributed by atoms with Gasteiger partial charge in [-0.1, -0.05) is 17.7 Å². The summed E-state index contributed by atoms with van der Waals surface area (Å²) in [5.41, 5.74) is 8.34. The predicted octanol–water partition coefficient (Wildman–Crippen LogP) is 4.59. The molecular weight excluding hydrogens is 320 g/mol. The third-order valence-electron chi connectivity index (χ3n) is 2.48. The number of nitriles is 1. The number of hydrogen-bond donors (Lipinski definition) is 1. The molecule has 0 aliphatic rings. The number of anilines is 1. The zero-order chi connectivity index (χ0) is 12.6. The van der Waals surface area contributed by atoms with Gasteiger partial charge in [0.1, 0.15) is 10.9 Å². The largest absolute Gasteiger partial charge is 0.397 e. The van der Waals surface area contributed by atoms with Gasteiger partial charge in [-0.25, -0.2) is 0 Å². The second-order valence-corrected chi connectivity index (χ2v) is 5.82. The van der Waals surface area contributed by atoms with E-state index in [1.807, 2.05) is 25.1 Å². The van der Waals surface area contributed by atoms with Crippen molar-refractivity contribution in [1.82, 2.24) is 0 Å². The molecule has 0 saturated heterocycles. The molecule has 17 heavy (non-hydrogen) atoms. The number of halogens is 2. The molecule has 0 spiro atoms. The highest BCUT2D eigenvalue weighted by molar-refractivity contribution is 9.10. The molecule has 5 heteroatoms. The van der Waals surface area contributed by atoms with Gasteiger partial charge >= 0.3 is 0 Å². The van der Waals surface area contributed by atoms with E-state index in [-0.39, 0.29) is 0 Å². The highest BCUT2D eigenvalue weighted by Crippen LogP contribution is 2.39. The Morgan fingerprint density at radius 3 is 2.71 bits per heavy atom. The van der Waals surface area contributed by atoms with Crippen LogP contribution in [0.25, 0.3) is 10.4 Å². The lowest BCUT2D eigenvalue weighted by Crippen LogP contribution is -1.87. The van der Waals surface area contributed by atoms with Gasteiger partial charge in [0.25, 0.3) is 0 Å². The van der Waals surface area contributed by atoms with Crippen LogP contribution in [0.2, 0.25) is 5.02 Å². The summed E-state index contributed by atoms with van der Waals surface area (Å²) < 4.78 is 0.852. The normalized spacial score (nSPS) is 10.2. The van der Waals surface area contributed by atoms with E-state index in [0.717, 1.165) is 20.5 Å². The Balaban J connectivity index is 2.61. The summed E-state index contributed by atoms with van der Waals surface area (Å²) in [5.74, 6) is 0. The molecule has 0 amide bonds. The maximum absolute atomic E-state index is 8.95. The Labute approximate surface area is 117 Å². The summed E-state index contributed by atoms with van der Waals surface area (Å²) in [4.78, 5) is 1.55. The topological polar surface area (TPSA) is 49.8 Å². The van der Waals surface area contributed by atoms with E-state index in [0.29, 0.717) is 15.6 Å². The van der Waals surface area contributed by atoms with Gasteiger partial charge < -0.3 is 5.73 Å². The molecule has 0 aliphatic heterocycles. The number of thiophene rings is 1. The van der Waals surface area contributed by atoms with E-state index in [2.05, 4.69) is 22.0 Å². The number of nitrogens with two attached hydrogens (primary N) is 1. The highest BCUT2D eigenvalue weighted by atomic mass is 79.9. The van der Waals surface area contributed by atoms with Gasteiger partial charge in [-0.3, -0.25) is 0 Å². The Morgan fingerprint density at radius 2 is 2.18 bits per heavy atom. The molecule has 0 aliphatic carbocycles. The first-order valence-corrected chi connectivity index (χ1v) is 6.77. The minimum absolute atomic E-state index is 0.552. The van der Waals surface area contributed by atoms with E-state index >= 15 is 0 Å². The molecule has 2 aromatic rings. The van der Waals surface area contributed by atoms with Crippen molar-refractivity contribution in [2.75, 3.05) is 5.73 Å². The number of rotatable bonds is 1. The van der Waals surface area contributed by atoms with Crippen molar-refractivity contribution in [2.45, 2.75) is 6.92 Å². The van der Waals surface area contributed by atoms with Crippen LogP contribution in [0.1, 0.15) is 10.4 Å². The van der Waals surface area contributed by atoms with E-state index in [4.69, 9.17) is 22.6 Å². The summed E-state index contributed by atoms with van der Waals surface area (Å²) in [6.07, 6.45) is 0. The van der Waals surface area contributed by atoms with Crippen LogP contribution in [0.4, 0.5) is 5.69 Å². The molecule has 1 aromatic heterocycles. The van der Waals surface area contributed by atoms with Crippen molar-refractivity contribution in [3.05, 3.63) is 38.1 Å². The fraction of sp³-hybridized carbons (Fsp3) is 0.0833. The molecular formula is C12H8BrClN2S. The van der Waals surface area contributed by atoms with Crippen molar-refractivity contribution in [2.24, 2.45) is 0 Å². The quantitative estimate of drug-likeness (QED) is 0.832. The second-order valence-electron chi connectivity index (χ2n) is 3.54. The molecule has 0 radical (unpaired) electrons. The van der Waals surface area contributed by atoms with Gasteiger partial charge in [0, 0.05) is 9.35 Å². The van der Waals surface area contributed by atoms with E-state index in [1.165, 1.54) is 11.3 Å². The molecule has 1 heterocycles. The van der Waals surface area contributed by atoms with E-state index in [1.54, 1.807) is 0 Å². The van der Waals surface area contributed by atoms with Crippen LogP contribution >= 0.6 is 38.9 Å². The molecule has 2 N–H and O–H groups in total.